The van der Waals surface area contributed by atoms with Gasteiger partial charge in [-0.3, -0.25) is 4.79 Å². The Balaban J connectivity index is 2.07. The molecule has 0 aliphatic heterocycles. The van der Waals surface area contributed by atoms with Crippen LogP contribution in [0.1, 0.15) is 39.5 Å². The van der Waals surface area contributed by atoms with Gasteiger partial charge in [-0.2, -0.15) is 0 Å². The van der Waals surface area contributed by atoms with Crippen molar-refractivity contribution in [3.05, 3.63) is 24.0 Å². The molecule has 0 bridgehead atoms. The van der Waals surface area contributed by atoms with Crippen molar-refractivity contribution in [3.63, 3.8) is 0 Å². The van der Waals surface area contributed by atoms with Crippen molar-refractivity contribution in [1.29, 1.82) is 0 Å². The molecular weight excluding hydrogens is 243 g/mol. The Morgan fingerprint density at radius 1 is 1.37 bits per heavy atom. The molecule has 3 nitrogen and oxygen atoms in total. The molecule has 1 aromatic carbocycles. The number of rotatable bonds is 4. The highest BCUT2D eigenvalue weighted by atomic mass is 19.1. The first-order chi connectivity index (χ1) is 9.06. The number of hydrogen-bond acceptors (Lipinski definition) is 2. The van der Waals surface area contributed by atoms with Crippen LogP contribution in [0.4, 0.5) is 15.8 Å². The number of carbonyl (C=O) groups is 1. The van der Waals surface area contributed by atoms with Crippen LogP contribution in [0.15, 0.2) is 18.2 Å². The van der Waals surface area contributed by atoms with Crippen molar-refractivity contribution in [2.24, 2.45) is 5.92 Å². The summed E-state index contributed by atoms with van der Waals surface area (Å²) in [5.41, 5.74) is 1.08. The van der Waals surface area contributed by atoms with E-state index in [-0.39, 0.29) is 17.8 Å². The lowest BCUT2D eigenvalue weighted by Crippen LogP contribution is -2.24. The van der Waals surface area contributed by atoms with Gasteiger partial charge in [0.1, 0.15) is 5.82 Å². The molecular formula is C15H21FN2O. The SMILES string of the molecule is CC(=O)Nc1ccc(F)c(NC(C)C2CCCC2)c1. The van der Waals surface area contributed by atoms with E-state index in [4.69, 9.17) is 0 Å². The predicted molar refractivity (Wildman–Crippen MR) is 75.7 cm³/mol. The minimum atomic E-state index is -0.279. The topological polar surface area (TPSA) is 41.1 Å². The predicted octanol–water partition coefficient (Wildman–Crippen LogP) is 3.77. The molecule has 0 heterocycles. The number of amides is 1. The number of halogens is 1. The molecule has 1 saturated carbocycles. The highest BCUT2D eigenvalue weighted by molar-refractivity contribution is 5.89. The Kier molecular flexibility index (Phi) is 4.40. The lowest BCUT2D eigenvalue weighted by Gasteiger charge is -2.22. The van der Waals surface area contributed by atoms with E-state index in [0.717, 1.165) is 0 Å². The van der Waals surface area contributed by atoms with Gasteiger partial charge in [-0.15, -0.1) is 0 Å². The zero-order chi connectivity index (χ0) is 13.8. The summed E-state index contributed by atoms with van der Waals surface area (Å²) in [6.45, 7) is 3.54. The first-order valence-corrected chi connectivity index (χ1v) is 6.90. The number of anilines is 2. The molecule has 1 atom stereocenters. The average Bonchev–Trinajstić information content (AvgIpc) is 2.86. The smallest absolute Gasteiger partial charge is 0.221 e. The van der Waals surface area contributed by atoms with Gasteiger partial charge in [-0.1, -0.05) is 12.8 Å². The van der Waals surface area contributed by atoms with E-state index in [0.29, 0.717) is 17.3 Å². The molecule has 4 heteroatoms. The van der Waals surface area contributed by atoms with Gasteiger partial charge in [0.05, 0.1) is 5.69 Å². The van der Waals surface area contributed by atoms with E-state index in [1.165, 1.54) is 38.7 Å². The minimum absolute atomic E-state index is 0.151. The average molecular weight is 264 g/mol. The van der Waals surface area contributed by atoms with E-state index in [1.807, 2.05) is 0 Å². The standard InChI is InChI=1S/C15H21FN2O/c1-10(12-5-3-4-6-12)17-15-9-13(18-11(2)19)7-8-14(15)16/h7-10,12,17H,3-6H2,1-2H3,(H,18,19). The van der Waals surface area contributed by atoms with Crippen molar-refractivity contribution in [2.75, 3.05) is 10.6 Å². The van der Waals surface area contributed by atoms with Crippen LogP contribution >= 0.6 is 0 Å². The van der Waals surface area contributed by atoms with Crippen molar-refractivity contribution in [2.45, 2.75) is 45.6 Å². The molecule has 1 fully saturated rings. The van der Waals surface area contributed by atoms with E-state index in [1.54, 1.807) is 12.1 Å². The Morgan fingerprint density at radius 2 is 2.05 bits per heavy atom. The third-order valence-corrected chi connectivity index (χ3v) is 3.78. The van der Waals surface area contributed by atoms with E-state index < -0.39 is 0 Å². The third-order valence-electron chi connectivity index (χ3n) is 3.78. The zero-order valence-electron chi connectivity index (χ0n) is 11.5. The van der Waals surface area contributed by atoms with Crippen LogP contribution in [0.3, 0.4) is 0 Å². The Hall–Kier alpha value is -1.58. The van der Waals surface area contributed by atoms with Gasteiger partial charge in [-0.05, 0) is 43.9 Å². The number of hydrogen-bond donors (Lipinski definition) is 2. The summed E-state index contributed by atoms with van der Waals surface area (Å²) in [5, 5.41) is 5.91. The van der Waals surface area contributed by atoms with Gasteiger partial charge in [0.2, 0.25) is 5.91 Å². The second-order valence-electron chi connectivity index (χ2n) is 5.35. The largest absolute Gasteiger partial charge is 0.380 e. The highest BCUT2D eigenvalue weighted by Crippen LogP contribution is 2.30. The van der Waals surface area contributed by atoms with Crippen LogP contribution < -0.4 is 10.6 Å². The quantitative estimate of drug-likeness (QED) is 0.869. The van der Waals surface area contributed by atoms with E-state index in [9.17, 15) is 9.18 Å². The van der Waals surface area contributed by atoms with Crippen LogP contribution in [0.5, 0.6) is 0 Å². The van der Waals surface area contributed by atoms with Gasteiger partial charge in [-0.25, -0.2) is 4.39 Å². The zero-order valence-corrected chi connectivity index (χ0v) is 11.5. The van der Waals surface area contributed by atoms with Crippen LogP contribution in [-0.4, -0.2) is 11.9 Å². The second-order valence-corrected chi connectivity index (χ2v) is 5.35. The maximum absolute atomic E-state index is 13.8. The second kappa shape index (κ2) is 6.04. The lowest BCUT2D eigenvalue weighted by atomic mass is 9.99. The normalized spacial score (nSPS) is 17.2. The molecule has 104 valence electrons. The minimum Gasteiger partial charge on any atom is -0.380 e. The summed E-state index contributed by atoms with van der Waals surface area (Å²) in [6.07, 6.45) is 4.96. The van der Waals surface area contributed by atoms with Gasteiger partial charge < -0.3 is 10.6 Å². The van der Waals surface area contributed by atoms with Gasteiger partial charge in [0.15, 0.2) is 0 Å². The number of benzene rings is 1. The number of nitrogens with one attached hydrogen (secondary N) is 2. The molecule has 0 spiro atoms. The molecule has 0 aromatic heterocycles. The molecule has 2 N–H and O–H groups in total. The Morgan fingerprint density at radius 3 is 2.68 bits per heavy atom. The summed E-state index contributed by atoms with van der Waals surface area (Å²) in [6, 6.07) is 4.86. The fourth-order valence-corrected chi connectivity index (χ4v) is 2.74. The fourth-order valence-electron chi connectivity index (χ4n) is 2.74. The summed E-state index contributed by atoms with van der Waals surface area (Å²) < 4.78 is 13.8. The van der Waals surface area contributed by atoms with Crippen LogP contribution in [0.2, 0.25) is 0 Å². The van der Waals surface area contributed by atoms with Gasteiger partial charge in [0.25, 0.3) is 0 Å². The van der Waals surface area contributed by atoms with Crippen molar-refractivity contribution in [1.82, 2.24) is 0 Å². The molecule has 19 heavy (non-hydrogen) atoms. The van der Waals surface area contributed by atoms with Crippen molar-refractivity contribution in [3.8, 4) is 0 Å². The molecule has 1 aromatic rings. The first kappa shape index (κ1) is 13.8. The van der Waals surface area contributed by atoms with Crippen molar-refractivity contribution < 1.29 is 9.18 Å². The molecule has 0 saturated heterocycles. The summed E-state index contributed by atoms with van der Waals surface area (Å²) in [4.78, 5) is 11.0. The summed E-state index contributed by atoms with van der Waals surface area (Å²) >= 11 is 0. The lowest BCUT2D eigenvalue weighted by molar-refractivity contribution is -0.114. The Labute approximate surface area is 113 Å². The van der Waals surface area contributed by atoms with Crippen LogP contribution in [0, 0.1) is 11.7 Å². The molecule has 1 aliphatic carbocycles. The van der Waals surface area contributed by atoms with E-state index >= 15 is 0 Å². The third kappa shape index (κ3) is 3.69. The molecule has 1 aliphatic rings. The van der Waals surface area contributed by atoms with Crippen LogP contribution in [0.25, 0.3) is 0 Å². The summed E-state index contributed by atoms with van der Waals surface area (Å²) in [7, 11) is 0. The fraction of sp³-hybridized carbons (Fsp3) is 0.533. The van der Waals surface area contributed by atoms with Gasteiger partial charge >= 0.3 is 0 Å². The maximum Gasteiger partial charge on any atom is 0.221 e. The first-order valence-electron chi connectivity index (χ1n) is 6.90. The highest BCUT2D eigenvalue weighted by Gasteiger charge is 2.22. The molecule has 1 unspecified atom stereocenters. The molecule has 1 amide bonds. The van der Waals surface area contributed by atoms with Gasteiger partial charge in [0, 0.05) is 18.7 Å². The maximum atomic E-state index is 13.8. The monoisotopic (exact) mass is 264 g/mol. The summed E-state index contributed by atoms with van der Waals surface area (Å²) in [5.74, 6) is 0.184. The van der Waals surface area contributed by atoms with Crippen molar-refractivity contribution >= 4 is 17.3 Å². The Bertz CT molecular complexity index is 455. The number of carbonyl (C=O) groups excluding carboxylic acids is 1. The molecule has 0 radical (unpaired) electrons. The van der Waals surface area contributed by atoms with E-state index in [2.05, 4.69) is 17.6 Å². The van der Waals surface area contributed by atoms with Crippen LogP contribution in [-0.2, 0) is 4.79 Å². The molecule has 2 rings (SSSR count).